The standard InChI is InChI=1S/C26H30ClN3O4/c1-7-13(2)30-12-15-16(27)9-10-17(19(15)25(30)33)28-20-21(23(32)22(20)31)29-24(26(4,5)6)18-11-8-14(3)34-18/h8-11,13,24,28-29H,7,12H2,1-6H3/t13-,24+/m1/s1. The van der Waals surface area contributed by atoms with Gasteiger partial charge in [-0.2, -0.15) is 0 Å². The van der Waals surface area contributed by atoms with Crippen molar-refractivity contribution in [1.29, 1.82) is 0 Å². The number of amides is 1. The summed E-state index contributed by atoms with van der Waals surface area (Å²) in [6.45, 7) is 12.4. The summed E-state index contributed by atoms with van der Waals surface area (Å²) in [5, 5.41) is 6.80. The number of anilines is 3. The molecule has 2 N–H and O–H groups in total. The second kappa shape index (κ2) is 8.62. The first-order valence-corrected chi connectivity index (χ1v) is 11.9. The van der Waals surface area contributed by atoms with E-state index >= 15 is 0 Å². The maximum atomic E-state index is 13.2. The van der Waals surface area contributed by atoms with Crippen LogP contribution in [0.15, 0.2) is 38.3 Å². The Bertz CT molecular complexity index is 1330. The highest BCUT2D eigenvalue weighted by atomic mass is 35.5. The van der Waals surface area contributed by atoms with E-state index in [1.165, 1.54) is 0 Å². The quantitative estimate of drug-likeness (QED) is 0.429. The van der Waals surface area contributed by atoms with Crippen LogP contribution in [0.1, 0.15) is 74.5 Å². The number of halogens is 1. The number of furan rings is 1. The average Bonchev–Trinajstić information content (AvgIpc) is 3.36. The highest BCUT2D eigenvalue weighted by Gasteiger charge is 2.36. The highest BCUT2D eigenvalue weighted by Crippen LogP contribution is 2.40. The van der Waals surface area contributed by atoms with Crippen LogP contribution in [0, 0.1) is 12.3 Å². The van der Waals surface area contributed by atoms with E-state index in [9.17, 15) is 14.4 Å². The molecule has 4 rings (SSSR count). The molecule has 3 aromatic rings. The van der Waals surface area contributed by atoms with E-state index in [0.29, 0.717) is 28.6 Å². The van der Waals surface area contributed by atoms with E-state index in [-0.39, 0.29) is 34.8 Å². The number of hydrogen-bond acceptors (Lipinski definition) is 6. The summed E-state index contributed by atoms with van der Waals surface area (Å²) >= 11 is 6.41. The minimum atomic E-state index is -0.626. The van der Waals surface area contributed by atoms with Gasteiger partial charge in [0, 0.05) is 23.2 Å². The number of nitrogens with one attached hydrogen (secondary N) is 2. The van der Waals surface area contributed by atoms with Gasteiger partial charge < -0.3 is 20.0 Å². The van der Waals surface area contributed by atoms with Gasteiger partial charge >= 0.3 is 0 Å². The van der Waals surface area contributed by atoms with Gasteiger partial charge in [-0.15, -0.1) is 0 Å². The lowest BCUT2D eigenvalue weighted by molar-refractivity contribution is 0.0714. The second-order valence-corrected chi connectivity index (χ2v) is 10.5. The van der Waals surface area contributed by atoms with E-state index in [0.717, 1.165) is 17.7 Å². The Hall–Kier alpha value is -3.06. The van der Waals surface area contributed by atoms with E-state index in [4.69, 9.17) is 16.0 Å². The maximum Gasteiger partial charge on any atom is 0.256 e. The molecule has 2 atom stereocenters. The van der Waals surface area contributed by atoms with Gasteiger partial charge in [-0.1, -0.05) is 39.3 Å². The van der Waals surface area contributed by atoms with Crippen LogP contribution in [0.2, 0.25) is 5.02 Å². The maximum absolute atomic E-state index is 13.2. The average molecular weight is 484 g/mol. The normalized spacial score (nSPS) is 15.5. The highest BCUT2D eigenvalue weighted by molar-refractivity contribution is 6.32. The molecule has 0 radical (unpaired) electrons. The van der Waals surface area contributed by atoms with Gasteiger partial charge in [0.25, 0.3) is 16.8 Å². The minimum Gasteiger partial charge on any atom is -0.464 e. The lowest BCUT2D eigenvalue weighted by atomic mass is 9.85. The lowest BCUT2D eigenvalue weighted by Gasteiger charge is -2.31. The number of hydrogen-bond donors (Lipinski definition) is 2. The molecule has 2 heterocycles. The molecule has 1 aliphatic rings. The van der Waals surface area contributed by atoms with E-state index in [1.54, 1.807) is 17.0 Å². The third-order valence-electron chi connectivity index (χ3n) is 6.55. The fourth-order valence-electron chi connectivity index (χ4n) is 4.34. The largest absolute Gasteiger partial charge is 0.464 e. The Morgan fingerprint density at radius 3 is 2.35 bits per heavy atom. The number of carbonyl (C=O) groups is 1. The van der Waals surface area contributed by atoms with Crippen LogP contribution in [0.25, 0.3) is 0 Å². The van der Waals surface area contributed by atoms with Gasteiger partial charge in [0.1, 0.15) is 22.9 Å². The zero-order valence-corrected chi connectivity index (χ0v) is 21.1. The molecule has 7 nitrogen and oxygen atoms in total. The molecule has 0 aliphatic carbocycles. The number of nitrogens with zero attached hydrogens (tertiary/aromatic N) is 1. The molecule has 0 bridgehead atoms. The van der Waals surface area contributed by atoms with Gasteiger partial charge in [0.05, 0.1) is 17.3 Å². The van der Waals surface area contributed by atoms with Crippen molar-refractivity contribution in [2.24, 2.45) is 5.41 Å². The molecule has 0 fully saturated rings. The Kier molecular flexibility index (Phi) is 6.10. The third kappa shape index (κ3) is 4.02. The van der Waals surface area contributed by atoms with Crippen molar-refractivity contribution in [2.45, 2.75) is 66.6 Å². The van der Waals surface area contributed by atoms with Crippen molar-refractivity contribution in [3.8, 4) is 0 Å². The number of aryl methyl sites for hydroxylation is 1. The first-order valence-electron chi connectivity index (χ1n) is 11.5. The van der Waals surface area contributed by atoms with Crippen LogP contribution in [0.4, 0.5) is 17.1 Å². The summed E-state index contributed by atoms with van der Waals surface area (Å²) in [7, 11) is 0. The molecular weight excluding hydrogens is 454 g/mol. The van der Waals surface area contributed by atoms with Gasteiger partial charge in [-0.05, 0) is 49.9 Å². The Labute approximate surface area is 203 Å². The van der Waals surface area contributed by atoms with E-state index in [2.05, 4.69) is 10.6 Å². The molecule has 0 unspecified atom stereocenters. The van der Waals surface area contributed by atoms with Crippen LogP contribution < -0.4 is 21.5 Å². The first kappa shape index (κ1) is 24.1. The number of fused-ring (bicyclic) bond motifs is 1. The molecule has 2 aromatic carbocycles. The van der Waals surface area contributed by atoms with Gasteiger partial charge in [-0.3, -0.25) is 14.4 Å². The molecule has 1 amide bonds. The van der Waals surface area contributed by atoms with Crippen LogP contribution in [0.3, 0.4) is 0 Å². The van der Waals surface area contributed by atoms with Crippen molar-refractivity contribution >= 4 is 34.6 Å². The molecule has 34 heavy (non-hydrogen) atoms. The summed E-state index contributed by atoms with van der Waals surface area (Å²) in [6, 6.07) is 6.82. The number of benzene rings is 1. The summed E-state index contributed by atoms with van der Waals surface area (Å²) in [5.74, 6) is 1.30. The molecule has 1 aromatic heterocycles. The summed E-state index contributed by atoms with van der Waals surface area (Å²) in [5.41, 5.74) is 0.428. The fourth-order valence-corrected chi connectivity index (χ4v) is 4.56. The summed E-state index contributed by atoms with van der Waals surface area (Å²) < 4.78 is 5.82. The topological polar surface area (TPSA) is 91.7 Å². The molecule has 8 heteroatoms. The summed E-state index contributed by atoms with van der Waals surface area (Å²) in [6.07, 6.45) is 0.812. The van der Waals surface area contributed by atoms with Crippen LogP contribution in [-0.4, -0.2) is 16.8 Å². The SMILES string of the molecule is CC[C@@H](C)N1Cc2c(Cl)ccc(Nc3c(N[C@@H](c4ccc(C)o4)C(C)(C)C)c(=O)c3=O)c2C1=O. The lowest BCUT2D eigenvalue weighted by Crippen LogP contribution is -2.39. The van der Waals surface area contributed by atoms with E-state index in [1.807, 2.05) is 53.7 Å². The second-order valence-electron chi connectivity index (χ2n) is 10.1. The molecule has 1 aliphatic heterocycles. The molecule has 180 valence electrons. The zero-order valence-electron chi connectivity index (χ0n) is 20.3. The predicted molar refractivity (Wildman–Crippen MR) is 135 cm³/mol. The molecule has 0 saturated heterocycles. The number of carbonyl (C=O) groups excluding carboxylic acids is 1. The van der Waals surface area contributed by atoms with Crippen molar-refractivity contribution < 1.29 is 9.21 Å². The Morgan fingerprint density at radius 2 is 1.76 bits per heavy atom. The van der Waals surface area contributed by atoms with Gasteiger partial charge in [-0.25, -0.2) is 0 Å². The predicted octanol–water partition coefficient (Wildman–Crippen LogP) is 5.53. The number of rotatable bonds is 7. The van der Waals surface area contributed by atoms with Crippen molar-refractivity contribution in [3.05, 3.63) is 72.4 Å². The van der Waals surface area contributed by atoms with Gasteiger partial charge in [0.15, 0.2) is 0 Å². The third-order valence-corrected chi connectivity index (χ3v) is 6.91. The fraction of sp³-hybridized carbons (Fsp3) is 0.423. The zero-order chi connectivity index (χ0) is 24.9. The first-order chi connectivity index (χ1) is 15.9. The smallest absolute Gasteiger partial charge is 0.256 e. The summed E-state index contributed by atoms with van der Waals surface area (Å²) in [4.78, 5) is 40.1. The Balaban J connectivity index is 1.70. The van der Waals surface area contributed by atoms with Crippen molar-refractivity contribution in [2.75, 3.05) is 10.6 Å². The monoisotopic (exact) mass is 483 g/mol. The van der Waals surface area contributed by atoms with Crippen molar-refractivity contribution in [3.63, 3.8) is 0 Å². The molecular formula is C26H30ClN3O4. The molecule has 0 saturated carbocycles. The molecule has 0 spiro atoms. The van der Waals surface area contributed by atoms with E-state index < -0.39 is 10.9 Å². The minimum absolute atomic E-state index is 0.0523. The van der Waals surface area contributed by atoms with Crippen LogP contribution in [0.5, 0.6) is 0 Å². The van der Waals surface area contributed by atoms with Gasteiger partial charge in [0.2, 0.25) is 0 Å². The van der Waals surface area contributed by atoms with Crippen LogP contribution >= 0.6 is 11.6 Å². The van der Waals surface area contributed by atoms with Crippen molar-refractivity contribution in [1.82, 2.24) is 4.90 Å². The Morgan fingerprint density at radius 1 is 1.09 bits per heavy atom. The van der Waals surface area contributed by atoms with Crippen LogP contribution in [-0.2, 0) is 6.54 Å².